The Bertz CT molecular complexity index is 650. The molecule has 1 N–H and O–H groups in total. The number of halogens is 5. The molecule has 1 aromatic carbocycles. The van der Waals surface area contributed by atoms with E-state index >= 15 is 0 Å². The Kier molecular flexibility index (Phi) is 5.87. The zero-order valence-electron chi connectivity index (χ0n) is 13.6. The number of carbonyl (C=O) groups excluding carboxylic acids is 1. The Morgan fingerprint density at radius 3 is 2.20 bits per heavy atom. The summed E-state index contributed by atoms with van der Waals surface area (Å²) in [5.74, 6) is -7.93. The Morgan fingerprint density at radius 2 is 1.52 bits per heavy atom. The van der Waals surface area contributed by atoms with Crippen molar-refractivity contribution in [3.05, 3.63) is 32.4 Å². The van der Waals surface area contributed by atoms with Crippen LogP contribution in [0.25, 0.3) is 0 Å². The van der Waals surface area contributed by atoms with Gasteiger partial charge in [0.05, 0.1) is 9.13 Å². The molecule has 3 rings (SSSR count). The molecule has 25 heavy (non-hydrogen) atoms. The van der Waals surface area contributed by atoms with E-state index in [9.17, 15) is 22.4 Å². The van der Waals surface area contributed by atoms with Gasteiger partial charge in [0.25, 0.3) is 5.91 Å². The maximum atomic E-state index is 14.0. The summed E-state index contributed by atoms with van der Waals surface area (Å²) in [4.78, 5) is 14.8. The Morgan fingerprint density at radius 1 is 0.920 bits per heavy atom. The summed E-state index contributed by atoms with van der Waals surface area (Å²) in [6.07, 6.45) is 5.87. The van der Waals surface area contributed by atoms with Gasteiger partial charge in [0.15, 0.2) is 23.3 Å². The molecule has 3 nitrogen and oxygen atoms in total. The molecule has 0 spiro atoms. The van der Waals surface area contributed by atoms with Gasteiger partial charge in [-0.15, -0.1) is 0 Å². The van der Waals surface area contributed by atoms with Crippen molar-refractivity contribution in [2.24, 2.45) is 0 Å². The molecule has 2 fully saturated rings. The van der Waals surface area contributed by atoms with Crippen molar-refractivity contribution in [1.82, 2.24) is 10.2 Å². The van der Waals surface area contributed by atoms with E-state index in [0.29, 0.717) is 0 Å². The minimum atomic E-state index is -1.96. The number of hydrogen-bond acceptors (Lipinski definition) is 2. The van der Waals surface area contributed by atoms with E-state index in [4.69, 9.17) is 0 Å². The van der Waals surface area contributed by atoms with Crippen LogP contribution in [0.4, 0.5) is 17.6 Å². The zero-order chi connectivity index (χ0) is 18.1. The standard InChI is InChI=1S/C17H19F4IN2O/c18-12-11(16(22)15(21)14(20)13(12)19)17(25)23-9-5-1-2-6-10(9)24-7-3-4-8-24/h9-10H,1-8H2,(H,23,25)/t9-,10-/m1/s1. The number of amides is 1. The number of benzene rings is 1. The maximum absolute atomic E-state index is 14.0. The quantitative estimate of drug-likeness (QED) is 0.314. The summed E-state index contributed by atoms with van der Waals surface area (Å²) in [5.41, 5.74) is -0.761. The predicted molar refractivity (Wildman–Crippen MR) is 93.3 cm³/mol. The molecule has 1 saturated heterocycles. The van der Waals surface area contributed by atoms with Gasteiger partial charge in [-0.05, 0) is 61.4 Å². The molecular formula is C17H19F4IN2O. The van der Waals surface area contributed by atoms with Gasteiger partial charge in [0, 0.05) is 12.1 Å². The molecule has 1 saturated carbocycles. The lowest BCUT2D eigenvalue weighted by Crippen LogP contribution is -2.52. The Labute approximate surface area is 157 Å². The SMILES string of the molecule is O=C(N[C@@H]1CCCC[C@H]1N1CCCC1)c1c(F)c(F)c(F)c(F)c1I. The van der Waals surface area contributed by atoms with Crippen LogP contribution in [0, 0.1) is 26.8 Å². The topological polar surface area (TPSA) is 32.3 Å². The van der Waals surface area contributed by atoms with Gasteiger partial charge in [-0.25, -0.2) is 17.6 Å². The van der Waals surface area contributed by atoms with Crippen molar-refractivity contribution in [3.8, 4) is 0 Å². The lowest BCUT2D eigenvalue weighted by molar-refractivity contribution is 0.0855. The minimum Gasteiger partial charge on any atom is -0.348 e. The number of likely N-dealkylation sites (tertiary alicyclic amines) is 1. The van der Waals surface area contributed by atoms with Gasteiger partial charge in [-0.1, -0.05) is 12.8 Å². The second-order valence-corrected chi connectivity index (χ2v) is 7.70. The van der Waals surface area contributed by atoms with E-state index in [1.165, 1.54) is 22.6 Å². The lowest BCUT2D eigenvalue weighted by Gasteiger charge is -2.38. The highest BCUT2D eigenvalue weighted by molar-refractivity contribution is 14.1. The zero-order valence-corrected chi connectivity index (χ0v) is 15.7. The molecule has 2 atom stereocenters. The molecule has 1 aromatic rings. The molecular weight excluding hydrogens is 451 g/mol. The maximum Gasteiger partial charge on any atom is 0.255 e. The van der Waals surface area contributed by atoms with E-state index in [1.54, 1.807) is 0 Å². The molecule has 0 bridgehead atoms. The van der Waals surface area contributed by atoms with E-state index in [0.717, 1.165) is 51.6 Å². The van der Waals surface area contributed by atoms with Gasteiger partial charge in [0.2, 0.25) is 0 Å². The largest absolute Gasteiger partial charge is 0.348 e. The fourth-order valence-corrected chi connectivity index (χ4v) is 4.55. The van der Waals surface area contributed by atoms with E-state index < -0.39 is 38.3 Å². The second-order valence-electron chi connectivity index (χ2n) is 6.62. The first kappa shape index (κ1) is 18.9. The normalized spacial score (nSPS) is 24.5. The summed E-state index contributed by atoms with van der Waals surface area (Å²) in [7, 11) is 0. The summed E-state index contributed by atoms with van der Waals surface area (Å²) < 4.78 is 54.0. The molecule has 1 heterocycles. The summed E-state index contributed by atoms with van der Waals surface area (Å²) in [5, 5.41) is 2.74. The third kappa shape index (κ3) is 3.65. The molecule has 138 valence electrons. The molecule has 1 aliphatic carbocycles. The average Bonchev–Trinajstić information content (AvgIpc) is 3.13. The molecule has 0 aromatic heterocycles. The predicted octanol–water partition coefficient (Wildman–Crippen LogP) is 3.98. The number of nitrogens with zero attached hydrogens (tertiary/aromatic N) is 1. The third-order valence-corrected chi connectivity index (χ3v) is 6.11. The van der Waals surface area contributed by atoms with Crippen LogP contribution in [0.5, 0.6) is 0 Å². The van der Waals surface area contributed by atoms with Gasteiger partial charge in [-0.2, -0.15) is 0 Å². The number of carbonyl (C=O) groups is 1. The first-order valence-corrected chi connectivity index (χ1v) is 9.56. The number of hydrogen-bond donors (Lipinski definition) is 1. The summed E-state index contributed by atoms with van der Waals surface area (Å²) in [6.45, 7) is 1.92. The summed E-state index contributed by atoms with van der Waals surface area (Å²) in [6, 6.07) is -0.0539. The van der Waals surface area contributed by atoms with Crippen LogP contribution in [0.2, 0.25) is 0 Å². The number of rotatable bonds is 3. The Balaban J connectivity index is 1.84. The molecule has 0 radical (unpaired) electrons. The molecule has 1 aliphatic heterocycles. The van der Waals surface area contributed by atoms with Crippen molar-refractivity contribution in [2.75, 3.05) is 13.1 Å². The van der Waals surface area contributed by atoms with E-state index in [2.05, 4.69) is 10.2 Å². The van der Waals surface area contributed by atoms with Crippen molar-refractivity contribution in [3.63, 3.8) is 0 Å². The van der Waals surface area contributed by atoms with Crippen LogP contribution in [-0.4, -0.2) is 36.0 Å². The molecule has 0 unspecified atom stereocenters. The highest BCUT2D eigenvalue weighted by Gasteiger charge is 2.34. The van der Waals surface area contributed by atoms with Crippen LogP contribution in [0.3, 0.4) is 0 Å². The second kappa shape index (κ2) is 7.77. The highest BCUT2D eigenvalue weighted by Crippen LogP contribution is 2.29. The van der Waals surface area contributed by atoms with Crippen LogP contribution in [-0.2, 0) is 0 Å². The lowest BCUT2D eigenvalue weighted by atomic mass is 9.89. The van der Waals surface area contributed by atoms with Crippen LogP contribution < -0.4 is 5.32 Å². The highest BCUT2D eigenvalue weighted by atomic mass is 127. The summed E-state index contributed by atoms with van der Waals surface area (Å²) >= 11 is 1.33. The van der Waals surface area contributed by atoms with Crippen molar-refractivity contribution >= 4 is 28.5 Å². The van der Waals surface area contributed by atoms with Gasteiger partial charge in [-0.3, -0.25) is 9.69 Å². The number of nitrogens with one attached hydrogen (secondary N) is 1. The van der Waals surface area contributed by atoms with Crippen LogP contribution >= 0.6 is 22.6 Å². The van der Waals surface area contributed by atoms with Crippen molar-refractivity contribution < 1.29 is 22.4 Å². The molecule has 1 amide bonds. The smallest absolute Gasteiger partial charge is 0.255 e. The molecule has 8 heteroatoms. The molecule has 2 aliphatic rings. The Hall–Kier alpha value is -0.900. The van der Waals surface area contributed by atoms with Gasteiger partial charge < -0.3 is 5.32 Å². The van der Waals surface area contributed by atoms with E-state index in [-0.39, 0.29) is 12.1 Å². The van der Waals surface area contributed by atoms with Crippen LogP contribution in [0.1, 0.15) is 48.9 Å². The van der Waals surface area contributed by atoms with Gasteiger partial charge in [0.1, 0.15) is 0 Å². The minimum absolute atomic E-state index is 0.149. The monoisotopic (exact) mass is 470 g/mol. The van der Waals surface area contributed by atoms with Crippen molar-refractivity contribution in [1.29, 1.82) is 0 Å². The first-order valence-electron chi connectivity index (χ1n) is 8.48. The fourth-order valence-electron chi connectivity index (χ4n) is 3.83. The van der Waals surface area contributed by atoms with Crippen molar-refractivity contribution in [2.45, 2.75) is 50.6 Å². The average molecular weight is 470 g/mol. The van der Waals surface area contributed by atoms with Gasteiger partial charge >= 0.3 is 0 Å². The first-order chi connectivity index (χ1) is 11.9. The third-order valence-electron chi connectivity index (χ3n) is 5.09. The fraction of sp³-hybridized carbons (Fsp3) is 0.588. The van der Waals surface area contributed by atoms with Crippen LogP contribution in [0.15, 0.2) is 0 Å². The van der Waals surface area contributed by atoms with E-state index in [1.807, 2.05) is 0 Å².